The number of likely N-dealkylation sites (tertiary alicyclic amines) is 1. The molecule has 0 aliphatic carbocycles. The van der Waals surface area contributed by atoms with E-state index >= 15 is 0 Å². The Hall–Kier alpha value is -2.34. The van der Waals surface area contributed by atoms with Crippen molar-refractivity contribution in [2.45, 2.75) is 38.1 Å². The maximum Gasteiger partial charge on any atom is 0.323 e. The van der Waals surface area contributed by atoms with Crippen LogP contribution >= 0.6 is 0 Å². The molecule has 26 heavy (non-hydrogen) atoms. The molecule has 2 aromatic rings. The molecule has 0 saturated carbocycles. The average molecular weight is 354 g/mol. The zero-order valence-electron chi connectivity index (χ0n) is 15.0. The van der Waals surface area contributed by atoms with Crippen LogP contribution in [0.2, 0.25) is 0 Å². The summed E-state index contributed by atoms with van der Waals surface area (Å²) in [6.45, 7) is 3.90. The summed E-state index contributed by atoms with van der Waals surface area (Å²) in [5.41, 5.74) is 2.63. The van der Waals surface area contributed by atoms with Gasteiger partial charge in [-0.3, -0.25) is 9.69 Å². The number of fused-ring (bicyclic) bond motifs is 1. The van der Waals surface area contributed by atoms with Crippen LogP contribution in [0, 0.1) is 0 Å². The number of aryl methyl sites for hydroxylation is 1. The lowest BCUT2D eigenvalue weighted by atomic mass is 10.0. The molecule has 2 aliphatic rings. The number of aromatic nitrogens is 2. The van der Waals surface area contributed by atoms with Crippen LogP contribution in [0.15, 0.2) is 35.1 Å². The molecule has 0 spiro atoms. The molecule has 0 bridgehead atoms. The molecule has 1 aromatic heterocycles. The largest absolute Gasteiger partial charge is 0.343 e. The summed E-state index contributed by atoms with van der Waals surface area (Å²) in [4.78, 5) is 33.9. The first kappa shape index (κ1) is 17.1. The highest BCUT2D eigenvalue weighted by Crippen LogP contribution is 2.20. The smallest absolute Gasteiger partial charge is 0.323 e. The van der Waals surface area contributed by atoms with Gasteiger partial charge in [0.1, 0.15) is 0 Å². The molecule has 0 radical (unpaired) electrons. The van der Waals surface area contributed by atoms with Crippen molar-refractivity contribution in [3.63, 3.8) is 0 Å². The standard InChI is InChI=1S/C20H26N4O2/c25-19(24-12-8-16(9-13-24)23-10-1-2-11-23)5-3-4-15-6-7-17-18(14-15)22-20(26)21-17/h1-2,6-7,14,16H,3-5,8-13H2,(H2,21,22,26). The zero-order chi connectivity index (χ0) is 17.9. The second kappa shape index (κ2) is 7.50. The summed E-state index contributed by atoms with van der Waals surface area (Å²) in [5, 5.41) is 0. The number of nitrogens with one attached hydrogen (secondary N) is 2. The molecular weight excluding hydrogens is 328 g/mol. The van der Waals surface area contributed by atoms with E-state index in [0.29, 0.717) is 12.5 Å². The van der Waals surface area contributed by atoms with Gasteiger partial charge in [-0.15, -0.1) is 0 Å². The number of nitrogens with zero attached hydrogens (tertiary/aromatic N) is 2. The number of carbonyl (C=O) groups is 1. The second-order valence-corrected chi connectivity index (χ2v) is 7.35. The average Bonchev–Trinajstić information content (AvgIpc) is 3.30. The third-order valence-electron chi connectivity index (χ3n) is 5.62. The Kier molecular flexibility index (Phi) is 4.93. The van der Waals surface area contributed by atoms with Crippen LogP contribution in [0.1, 0.15) is 31.2 Å². The molecule has 3 heterocycles. The summed E-state index contributed by atoms with van der Waals surface area (Å²) in [6.07, 6.45) is 8.93. The van der Waals surface area contributed by atoms with E-state index in [1.54, 1.807) is 0 Å². The van der Waals surface area contributed by atoms with E-state index in [1.807, 2.05) is 23.1 Å². The van der Waals surface area contributed by atoms with Crippen LogP contribution in [-0.2, 0) is 11.2 Å². The fourth-order valence-electron chi connectivity index (χ4n) is 4.11. The van der Waals surface area contributed by atoms with Crippen molar-refractivity contribution in [3.8, 4) is 0 Å². The van der Waals surface area contributed by atoms with Crippen molar-refractivity contribution in [2.75, 3.05) is 26.2 Å². The van der Waals surface area contributed by atoms with E-state index < -0.39 is 0 Å². The number of hydrogen-bond donors (Lipinski definition) is 2. The molecule has 138 valence electrons. The third-order valence-corrected chi connectivity index (χ3v) is 5.62. The molecule has 6 heteroatoms. The predicted octanol–water partition coefficient (Wildman–Crippen LogP) is 2.04. The third kappa shape index (κ3) is 3.75. The summed E-state index contributed by atoms with van der Waals surface area (Å²) >= 11 is 0. The number of aromatic amines is 2. The van der Waals surface area contributed by atoms with Gasteiger partial charge in [-0.1, -0.05) is 18.2 Å². The fraction of sp³-hybridized carbons (Fsp3) is 0.500. The van der Waals surface area contributed by atoms with E-state index in [0.717, 1.165) is 68.5 Å². The lowest BCUT2D eigenvalue weighted by Crippen LogP contribution is -2.46. The zero-order valence-corrected chi connectivity index (χ0v) is 15.0. The van der Waals surface area contributed by atoms with Crippen LogP contribution in [0.25, 0.3) is 11.0 Å². The van der Waals surface area contributed by atoms with Gasteiger partial charge in [-0.2, -0.15) is 0 Å². The highest BCUT2D eigenvalue weighted by Gasteiger charge is 2.26. The Labute approximate surface area is 152 Å². The highest BCUT2D eigenvalue weighted by atomic mass is 16.2. The van der Waals surface area contributed by atoms with E-state index in [2.05, 4.69) is 27.0 Å². The van der Waals surface area contributed by atoms with E-state index in [9.17, 15) is 9.59 Å². The molecule has 1 saturated heterocycles. The normalized spacial score (nSPS) is 18.8. The van der Waals surface area contributed by atoms with Crippen molar-refractivity contribution in [1.82, 2.24) is 19.8 Å². The van der Waals surface area contributed by atoms with Gasteiger partial charge in [0.2, 0.25) is 5.91 Å². The SMILES string of the molecule is O=C(CCCc1ccc2[nH]c(=O)[nH]c2c1)N1CCC(N2CC=CC2)CC1. The number of H-pyrrole nitrogens is 2. The van der Waals surface area contributed by atoms with Crippen molar-refractivity contribution in [1.29, 1.82) is 0 Å². The van der Waals surface area contributed by atoms with Crippen LogP contribution in [-0.4, -0.2) is 57.9 Å². The highest BCUT2D eigenvalue weighted by molar-refractivity contribution is 5.76. The Morgan fingerprint density at radius 2 is 1.81 bits per heavy atom. The van der Waals surface area contributed by atoms with Gasteiger partial charge in [-0.25, -0.2) is 4.79 Å². The summed E-state index contributed by atoms with van der Waals surface area (Å²) < 4.78 is 0. The van der Waals surface area contributed by atoms with Gasteiger partial charge < -0.3 is 14.9 Å². The first-order chi connectivity index (χ1) is 12.7. The molecule has 1 aromatic carbocycles. The number of rotatable bonds is 5. The van der Waals surface area contributed by atoms with Gasteiger partial charge in [0, 0.05) is 38.6 Å². The molecule has 4 rings (SSSR count). The molecule has 1 amide bonds. The lowest BCUT2D eigenvalue weighted by Gasteiger charge is -2.36. The van der Waals surface area contributed by atoms with Gasteiger partial charge in [0.15, 0.2) is 0 Å². The van der Waals surface area contributed by atoms with Crippen molar-refractivity contribution in [2.24, 2.45) is 0 Å². The quantitative estimate of drug-likeness (QED) is 0.807. The number of hydrogen-bond acceptors (Lipinski definition) is 3. The summed E-state index contributed by atoms with van der Waals surface area (Å²) in [7, 11) is 0. The molecule has 0 unspecified atom stereocenters. The van der Waals surface area contributed by atoms with E-state index in [4.69, 9.17) is 0 Å². The van der Waals surface area contributed by atoms with Gasteiger partial charge in [0.05, 0.1) is 11.0 Å². The Balaban J connectivity index is 1.23. The van der Waals surface area contributed by atoms with Crippen molar-refractivity contribution in [3.05, 3.63) is 46.4 Å². The van der Waals surface area contributed by atoms with E-state index in [-0.39, 0.29) is 11.6 Å². The molecule has 1 fully saturated rings. The Bertz CT molecular complexity index is 850. The van der Waals surface area contributed by atoms with E-state index in [1.165, 1.54) is 0 Å². The fourth-order valence-corrected chi connectivity index (χ4v) is 4.11. The minimum absolute atomic E-state index is 0.180. The van der Waals surface area contributed by atoms with Crippen molar-refractivity contribution >= 4 is 16.9 Å². The number of amides is 1. The Morgan fingerprint density at radius 1 is 1.08 bits per heavy atom. The maximum atomic E-state index is 12.5. The molecular formula is C20H26N4O2. The monoisotopic (exact) mass is 354 g/mol. The lowest BCUT2D eigenvalue weighted by molar-refractivity contribution is -0.132. The van der Waals surface area contributed by atoms with Crippen LogP contribution in [0.3, 0.4) is 0 Å². The number of imidazole rings is 1. The first-order valence-electron chi connectivity index (χ1n) is 9.57. The predicted molar refractivity (Wildman–Crippen MR) is 102 cm³/mol. The minimum atomic E-state index is -0.180. The Morgan fingerprint density at radius 3 is 2.58 bits per heavy atom. The van der Waals surface area contributed by atoms with Crippen LogP contribution < -0.4 is 5.69 Å². The van der Waals surface area contributed by atoms with Crippen molar-refractivity contribution < 1.29 is 4.79 Å². The summed E-state index contributed by atoms with van der Waals surface area (Å²) in [5.74, 6) is 0.277. The number of carbonyl (C=O) groups excluding carboxylic acids is 1. The topological polar surface area (TPSA) is 72.2 Å². The van der Waals surface area contributed by atoms with Crippen LogP contribution in [0.4, 0.5) is 0 Å². The van der Waals surface area contributed by atoms with Gasteiger partial charge in [0.25, 0.3) is 0 Å². The molecule has 2 aliphatic heterocycles. The number of piperidine rings is 1. The summed E-state index contributed by atoms with van der Waals surface area (Å²) in [6, 6.07) is 6.56. The van der Waals surface area contributed by atoms with Gasteiger partial charge >= 0.3 is 5.69 Å². The maximum absolute atomic E-state index is 12.5. The number of benzene rings is 1. The second-order valence-electron chi connectivity index (χ2n) is 7.35. The molecule has 2 N–H and O–H groups in total. The van der Waals surface area contributed by atoms with Gasteiger partial charge in [-0.05, 0) is 43.4 Å². The molecule has 0 atom stereocenters. The minimum Gasteiger partial charge on any atom is -0.343 e. The first-order valence-corrected chi connectivity index (χ1v) is 9.57. The van der Waals surface area contributed by atoms with Crippen LogP contribution in [0.5, 0.6) is 0 Å². The molecule has 6 nitrogen and oxygen atoms in total.